The van der Waals surface area contributed by atoms with E-state index in [4.69, 9.17) is 17.8 Å². The maximum absolute atomic E-state index is 10.3. The zero-order valence-electron chi connectivity index (χ0n) is 22.4. The Morgan fingerprint density at radius 1 is 1.32 bits per heavy atom. The molecule has 1 heterocycles. The maximum atomic E-state index is 10.3. The highest BCUT2D eigenvalue weighted by Gasteiger charge is 2.28. The summed E-state index contributed by atoms with van der Waals surface area (Å²) in [5.74, 6) is 0. The molecule has 0 aromatic heterocycles. The van der Waals surface area contributed by atoms with Crippen LogP contribution in [0.15, 0.2) is 21.1 Å². The van der Waals surface area contributed by atoms with Gasteiger partial charge in [0.2, 0.25) is 0 Å². The van der Waals surface area contributed by atoms with Gasteiger partial charge in [-0.15, -0.1) is 0 Å². The molecule has 1 aromatic carbocycles. The molecule has 1 aromatic rings. The van der Waals surface area contributed by atoms with Crippen molar-refractivity contribution in [3.05, 3.63) is 26.6 Å². The lowest BCUT2D eigenvalue weighted by Gasteiger charge is -2.39. The van der Waals surface area contributed by atoms with Crippen molar-refractivity contribution >= 4 is 37.5 Å². The molecule has 3 nitrogen and oxygen atoms in total. The van der Waals surface area contributed by atoms with Crippen LogP contribution in [0.25, 0.3) is 0 Å². The zero-order valence-corrected chi connectivity index (χ0v) is 12.6. The van der Waals surface area contributed by atoms with Gasteiger partial charge in [0.15, 0.2) is 0 Å². The molecule has 2 N–H and O–H groups in total. The van der Waals surface area contributed by atoms with E-state index in [1.54, 1.807) is 0 Å². The Balaban J connectivity index is 2.39. The van der Waals surface area contributed by atoms with Gasteiger partial charge < -0.3 is 10.4 Å². The highest BCUT2D eigenvalue weighted by molar-refractivity contribution is 9.11. The number of aliphatic hydroxyl groups is 1. The third-order valence-electron chi connectivity index (χ3n) is 2.49. The van der Waals surface area contributed by atoms with Crippen LogP contribution in [-0.4, -0.2) is 28.7 Å². The van der Waals surface area contributed by atoms with Crippen LogP contribution >= 0.6 is 31.9 Å². The summed E-state index contributed by atoms with van der Waals surface area (Å²) >= 11 is 6.40. The predicted molar refractivity (Wildman–Crippen MR) is 84.1 cm³/mol. The van der Waals surface area contributed by atoms with Crippen molar-refractivity contribution in [3.63, 3.8) is 0 Å². The van der Waals surface area contributed by atoms with Gasteiger partial charge >= 0.3 is 0 Å². The van der Waals surface area contributed by atoms with Gasteiger partial charge in [0, 0.05) is 35.2 Å². The van der Waals surface area contributed by atoms with Crippen LogP contribution < -0.4 is 5.32 Å². The Morgan fingerprint density at radius 3 is 2.79 bits per heavy atom. The molecule has 0 spiro atoms. The first-order valence-electron chi connectivity index (χ1n) is 11.8. The maximum Gasteiger partial charge on any atom is 0.0684 e. The van der Waals surface area contributed by atoms with Gasteiger partial charge in [-0.2, -0.15) is 0 Å². The third-order valence-corrected chi connectivity index (χ3v) is 3.58. The lowest BCUT2D eigenvalue weighted by molar-refractivity contribution is 0.0721. The minimum absolute atomic E-state index is 0.0348. The number of halogens is 2. The average molecular weight is 403 g/mol. The molecule has 1 aliphatic carbocycles. The van der Waals surface area contributed by atoms with Crippen LogP contribution in [0.4, 0.5) is 5.69 Å². The molecule has 0 radical (unpaired) electrons. The van der Waals surface area contributed by atoms with E-state index in [0.29, 0.717) is 8.95 Å². The van der Waals surface area contributed by atoms with E-state index in [2.05, 4.69) is 37.2 Å². The Bertz CT molecular complexity index is 940. The lowest BCUT2D eigenvalue weighted by atomic mass is 9.91. The Labute approximate surface area is 148 Å². The van der Waals surface area contributed by atoms with Crippen LogP contribution in [0, 0.1) is 0 Å². The minimum Gasteiger partial charge on any atom is -0.393 e. The molecule has 3 rings (SSSR count). The van der Waals surface area contributed by atoms with E-state index in [-0.39, 0.29) is 16.2 Å². The van der Waals surface area contributed by atoms with Crippen molar-refractivity contribution in [2.75, 3.05) is 11.9 Å². The molecular weight excluding hydrogens is 372 g/mol. The van der Waals surface area contributed by atoms with E-state index < -0.39 is 50.7 Å². The minimum atomic E-state index is -3.99. The smallest absolute Gasteiger partial charge is 0.0684 e. The topological polar surface area (TPSA) is 35.5 Å². The molecule has 0 amide bonds. The van der Waals surface area contributed by atoms with Gasteiger partial charge in [-0.05, 0) is 59.1 Å². The number of nitrogens with zero attached hydrogens (tertiary/aromatic N) is 1. The number of rotatable bonds is 1. The first-order valence-corrected chi connectivity index (χ1v) is 6.84. The molecule has 0 bridgehead atoms. The number of hydrogen-bond acceptors (Lipinski definition) is 3. The summed E-state index contributed by atoms with van der Waals surface area (Å²) in [5.41, 5.74) is 0.0189. The quantitative estimate of drug-likeness (QED) is 0.751. The largest absolute Gasteiger partial charge is 0.393 e. The molecule has 1 saturated carbocycles. The number of anilines is 1. The van der Waals surface area contributed by atoms with E-state index in [1.165, 1.54) is 12.1 Å². The molecule has 19 heavy (non-hydrogen) atoms. The SMILES string of the molecule is [2H]C1c2cc(Br)cc(Br)c2NC([2H])([2H])N1C1([2H])C([2H])([2H])C([2H])([2H])C([2H])(O)C([2H])([2H])C1([2H])[2H]. The Kier molecular flexibility index (Phi) is 1.59. The highest BCUT2D eigenvalue weighted by Crippen LogP contribution is 2.35. The number of hydrogen-bond donors (Lipinski definition) is 2. The van der Waals surface area contributed by atoms with E-state index in [1.807, 2.05) is 0 Å². The van der Waals surface area contributed by atoms with E-state index >= 15 is 0 Å². The van der Waals surface area contributed by atoms with Crippen molar-refractivity contribution in [3.8, 4) is 0 Å². The summed E-state index contributed by atoms with van der Waals surface area (Å²) in [6.45, 7) is -5.07. The standard InChI is InChI=1S/C14H18Br2N2O/c15-10-5-9-7-18(8-17-14(9)13(16)6-10)11-1-3-12(19)4-2-11/h5-6,11-12,17,19H,1-4,7-8H2/i1D2,2D2,3D2,4D2,7D,8D2,11D,12D. The van der Waals surface area contributed by atoms with Crippen molar-refractivity contribution in [1.82, 2.24) is 4.90 Å². The number of fused-ring (bicyclic) bond motifs is 1. The molecule has 104 valence electrons. The fourth-order valence-corrected chi connectivity index (χ4v) is 3.01. The summed E-state index contributed by atoms with van der Waals surface area (Å²) < 4.78 is 108. The summed E-state index contributed by atoms with van der Waals surface area (Å²) in [4.78, 5) is 0.0616. The molecule has 1 aliphatic heterocycles. The summed E-state index contributed by atoms with van der Waals surface area (Å²) in [6.07, 6.45) is -19.6. The van der Waals surface area contributed by atoms with Crippen LogP contribution in [0.5, 0.6) is 0 Å². The second kappa shape index (κ2) is 5.72. The normalized spacial score (nSPS) is 62.7. The number of benzene rings is 1. The average Bonchev–Trinajstić information content (AvgIpc) is 2.60. The fraction of sp³-hybridized carbons (Fsp3) is 0.571. The molecule has 1 atom stereocenters. The zero-order chi connectivity index (χ0) is 25.1. The van der Waals surface area contributed by atoms with Gasteiger partial charge in [-0.25, -0.2) is 0 Å². The second-order valence-electron chi connectivity index (χ2n) is 3.78. The van der Waals surface area contributed by atoms with Crippen molar-refractivity contribution in [2.24, 2.45) is 0 Å². The van der Waals surface area contributed by atoms with Gasteiger partial charge in [-0.1, -0.05) is 15.9 Å². The van der Waals surface area contributed by atoms with E-state index in [9.17, 15) is 5.11 Å². The number of nitrogens with one attached hydrogen (secondary N) is 1. The highest BCUT2D eigenvalue weighted by atomic mass is 79.9. The van der Waals surface area contributed by atoms with Crippen molar-refractivity contribution < 1.29 is 22.9 Å². The molecule has 1 unspecified atom stereocenters. The van der Waals surface area contributed by atoms with E-state index in [0.717, 1.165) is 0 Å². The molecule has 2 aliphatic rings. The first kappa shape index (κ1) is 5.27. The second-order valence-corrected chi connectivity index (χ2v) is 5.55. The Hall–Kier alpha value is -0.100. The predicted octanol–water partition coefficient (Wildman–Crippen LogP) is 3.70. The molecular formula is C14H18Br2N2O. The van der Waals surface area contributed by atoms with Gasteiger partial charge in [0.1, 0.15) is 0 Å². The van der Waals surface area contributed by atoms with Gasteiger partial charge in [0.25, 0.3) is 0 Å². The first-order chi connectivity index (χ1) is 14.0. The molecule has 1 fully saturated rings. The monoisotopic (exact) mass is 401 g/mol. The van der Waals surface area contributed by atoms with Crippen molar-refractivity contribution in [2.45, 2.75) is 44.1 Å². The third kappa shape index (κ3) is 2.99. The van der Waals surface area contributed by atoms with Crippen LogP contribution in [0.2, 0.25) is 0 Å². The summed E-state index contributed by atoms with van der Waals surface area (Å²) in [5, 5.41) is 12.7. The van der Waals surface area contributed by atoms with Gasteiger partial charge in [-0.3, -0.25) is 4.90 Å². The van der Waals surface area contributed by atoms with Gasteiger partial charge in [0.05, 0.1) is 22.5 Å². The lowest BCUT2D eigenvalue weighted by Crippen LogP contribution is -2.43. The fourth-order valence-electron chi connectivity index (χ4n) is 1.65. The van der Waals surface area contributed by atoms with Crippen LogP contribution in [0.3, 0.4) is 0 Å². The van der Waals surface area contributed by atoms with Crippen LogP contribution in [-0.2, 0) is 6.52 Å². The Morgan fingerprint density at radius 2 is 2.05 bits per heavy atom. The van der Waals surface area contributed by atoms with Crippen LogP contribution in [0.1, 0.15) is 48.9 Å². The summed E-state index contributed by atoms with van der Waals surface area (Å²) in [7, 11) is 0. The van der Waals surface area contributed by atoms with Crippen molar-refractivity contribution in [1.29, 1.82) is 0 Å². The summed E-state index contributed by atoms with van der Waals surface area (Å²) in [6, 6.07) is -0.915. The molecule has 0 saturated heterocycles. The molecule has 5 heteroatoms.